The lowest BCUT2D eigenvalue weighted by molar-refractivity contribution is -0.139. The van der Waals surface area contributed by atoms with E-state index in [0.717, 1.165) is 12.8 Å². The number of carbonyl (C=O) groups is 1. The van der Waals surface area contributed by atoms with Crippen LogP contribution in [0.2, 0.25) is 0 Å². The molecule has 92 valence electrons. The number of aryl methyl sites for hydroxylation is 1. The van der Waals surface area contributed by atoms with Crippen molar-refractivity contribution in [2.45, 2.75) is 44.7 Å². The number of aliphatic carboxylic acids is 1. The van der Waals surface area contributed by atoms with Gasteiger partial charge < -0.3 is 10.4 Å². The third-order valence-corrected chi connectivity index (χ3v) is 3.62. The second-order valence-corrected chi connectivity index (χ2v) is 4.95. The van der Waals surface area contributed by atoms with Crippen molar-refractivity contribution >= 4 is 5.97 Å². The normalized spacial score (nSPS) is 25.1. The highest BCUT2D eigenvalue weighted by Crippen LogP contribution is 2.38. The zero-order valence-electron chi connectivity index (χ0n) is 10.3. The monoisotopic (exact) mass is 233 g/mol. The van der Waals surface area contributed by atoms with Crippen molar-refractivity contribution in [1.29, 1.82) is 0 Å². The van der Waals surface area contributed by atoms with Gasteiger partial charge in [0.25, 0.3) is 0 Å². The van der Waals surface area contributed by atoms with Gasteiger partial charge in [0.05, 0.1) is 0 Å². The van der Waals surface area contributed by atoms with Gasteiger partial charge in [0.15, 0.2) is 0 Å². The van der Waals surface area contributed by atoms with Gasteiger partial charge >= 0.3 is 5.97 Å². The molecule has 0 heterocycles. The molecule has 1 aliphatic rings. The van der Waals surface area contributed by atoms with Gasteiger partial charge in [-0.3, -0.25) is 4.79 Å². The SMILES string of the molecule is Cc1ccccc1C1CC(NC(C)C(=O)O)C1. The lowest BCUT2D eigenvalue weighted by Gasteiger charge is -2.38. The van der Waals surface area contributed by atoms with Crippen molar-refractivity contribution in [3.63, 3.8) is 0 Å². The van der Waals surface area contributed by atoms with E-state index in [1.165, 1.54) is 11.1 Å². The van der Waals surface area contributed by atoms with E-state index in [4.69, 9.17) is 5.11 Å². The first-order valence-electron chi connectivity index (χ1n) is 6.12. The van der Waals surface area contributed by atoms with E-state index in [1.54, 1.807) is 6.92 Å². The van der Waals surface area contributed by atoms with E-state index in [-0.39, 0.29) is 0 Å². The van der Waals surface area contributed by atoms with Gasteiger partial charge in [0.2, 0.25) is 0 Å². The van der Waals surface area contributed by atoms with Crippen molar-refractivity contribution in [1.82, 2.24) is 5.32 Å². The molecule has 3 nitrogen and oxygen atoms in total. The molecule has 17 heavy (non-hydrogen) atoms. The fourth-order valence-corrected chi connectivity index (χ4v) is 2.48. The molecular weight excluding hydrogens is 214 g/mol. The van der Waals surface area contributed by atoms with Crippen LogP contribution in [-0.2, 0) is 4.79 Å². The molecular formula is C14H19NO2. The van der Waals surface area contributed by atoms with Crippen LogP contribution in [0.4, 0.5) is 0 Å². The number of carboxylic acid groups (broad SMARTS) is 1. The lowest BCUT2D eigenvalue weighted by atomic mass is 9.74. The first kappa shape index (κ1) is 12.1. The summed E-state index contributed by atoms with van der Waals surface area (Å²) in [6.45, 7) is 3.83. The van der Waals surface area contributed by atoms with Gasteiger partial charge in [-0.05, 0) is 43.7 Å². The highest BCUT2D eigenvalue weighted by molar-refractivity contribution is 5.72. The lowest BCUT2D eigenvalue weighted by Crippen LogP contribution is -2.47. The molecule has 1 fully saturated rings. The maximum atomic E-state index is 10.7. The van der Waals surface area contributed by atoms with Crippen molar-refractivity contribution in [2.24, 2.45) is 0 Å². The molecule has 3 heteroatoms. The summed E-state index contributed by atoms with van der Waals surface area (Å²) in [5, 5.41) is 12.0. The highest BCUT2D eigenvalue weighted by Gasteiger charge is 2.32. The first-order chi connectivity index (χ1) is 8.08. The zero-order chi connectivity index (χ0) is 12.4. The maximum Gasteiger partial charge on any atom is 0.320 e. The molecule has 0 spiro atoms. The summed E-state index contributed by atoms with van der Waals surface area (Å²) in [6, 6.07) is 8.35. The molecule has 0 aromatic heterocycles. The van der Waals surface area contributed by atoms with Crippen LogP contribution in [0.5, 0.6) is 0 Å². The van der Waals surface area contributed by atoms with Gasteiger partial charge in [-0.1, -0.05) is 24.3 Å². The Hall–Kier alpha value is -1.35. The van der Waals surface area contributed by atoms with Crippen LogP contribution < -0.4 is 5.32 Å². The molecule has 0 amide bonds. The quantitative estimate of drug-likeness (QED) is 0.839. The van der Waals surface area contributed by atoms with Gasteiger partial charge in [-0.15, -0.1) is 0 Å². The molecule has 1 atom stereocenters. The molecule has 0 radical (unpaired) electrons. The van der Waals surface area contributed by atoms with Crippen molar-refractivity contribution in [3.8, 4) is 0 Å². The smallest absolute Gasteiger partial charge is 0.320 e. The molecule has 1 aromatic rings. The molecule has 0 aliphatic heterocycles. The van der Waals surface area contributed by atoms with Crippen LogP contribution in [0.3, 0.4) is 0 Å². The maximum absolute atomic E-state index is 10.7. The largest absolute Gasteiger partial charge is 0.480 e. The molecule has 1 saturated carbocycles. The van der Waals surface area contributed by atoms with Crippen molar-refractivity contribution in [3.05, 3.63) is 35.4 Å². The molecule has 1 aromatic carbocycles. The Morgan fingerprint density at radius 2 is 2.06 bits per heavy atom. The van der Waals surface area contributed by atoms with E-state index >= 15 is 0 Å². The van der Waals surface area contributed by atoms with Crippen LogP contribution in [0.25, 0.3) is 0 Å². The number of nitrogens with one attached hydrogen (secondary N) is 1. The Morgan fingerprint density at radius 1 is 1.41 bits per heavy atom. The number of hydrogen-bond donors (Lipinski definition) is 2. The van der Waals surface area contributed by atoms with Crippen molar-refractivity contribution in [2.75, 3.05) is 0 Å². The van der Waals surface area contributed by atoms with E-state index in [0.29, 0.717) is 12.0 Å². The Kier molecular flexibility index (Phi) is 3.48. The van der Waals surface area contributed by atoms with Gasteiger partial charge in [-0.2, -0.15) is 0 Å². The third-order valence-electron chi connectivity index (χ3n) is 3.62. The summed E-state index contributed by atoms with van der Waals surface area (Å²) in [4.78, 5) is 10.7. The fraction of sp³-hybridized carbons (Fsp3) is 0.500. The molecule has 2 N–H and O–H groups in total. The number of rotatable bonds is 4. The number of hydrogen-bond acceptors (Lipinski definition) is 2. The average molecular weight is 233 g/mol. The topological polar surface area (TPSA) is 49.3 Å². The van der Waals surface area contributed by atoms with Crippen LogP contribution >= 0.6 is 0 Å². The van der Waals surface area contributed by atoms with Gasteiger partial charge in [0.1, 0.15) is 6.04 Å². The minimum absolute atomic E-state index is 0.353. The second kappa shape index (κ2) is 4.88. The molecule has 0 bridgehead atoms. The Balaban J connectivity index is 1.87. The Morgan fingerprint density at radius 3 is 2.65 bits per heavy atom. The van der Waals surface area contributed by atoms with E-state index < -0.39 is 12.0 Å². The number of carboxylic acids is 1. The van der Waals surface area contributed by atoms with E-state index in [2.05, 4.69) is 36.5 Å². The Bertz CT molecular complexity index is 410. The summed E-state index contributed by atoms with van der Waals surface area (Å²) < 4.78 is 0. The second-order valence-electron chi connectivity index (χ2n) is 4.95. The minimum Gasteiger partial charge on any atom is -0.480 e. The summed E-state index contributed by atoms with van der Waals surface area (Å²) in [7, 11) is 0. The fourth-order valence-electron chi connectivity index (χ4n) is 2.48. The molecule has 2 rings (SSSR count). The first-order valence-corrected chi connectivity index (χ1v) is 6.12. The minimum atomic E-state index is -0.774. The van der Waals surface area contributed by atoms with Gasteiger partial charge in [-0.25, -0.2) is 0 Å². The standard InChI is InChI=1S/C14H19NO2/c1-9-5-3-4-6-13(9)11-7-12(8-11)15-10(2)14(16)17/h3-6,10-12,15H,7-8H2,1-2H3,(H,16,17). The highest BCUT2D eigenvalue weighted by atomic mass is 16.4. The summed E-state index contributed by atoms with van der Waals surface area (Å²) in [5.74, 6) is -0.181. The molecule has 1 aliphatic carbocycles. The third kappa shape index (κ3) is 2.67. The molecule has 1 unspecified atom stereocenters. The van der Waals surface area contributed by atoms with Crippen LogP contribution in [-0.4, -0.2) is 23.2 Å². The predicted molar refractivity (Wildman–Crippen MR) is 67.2 cm³/mol. The van der Waals surface area contributed by atoms with Crippen LogP contribution in [0.15, 0.2) is 24.3 Å². The van der Waals surface area contributed by atoms with Crippen LogP contribution in [0.1, 0.15) is 36.8 Å². The molecule has 0 saturated heterocycles. The van der Waals surface area contributed by atoms with Crippen molar-refractivity contribution < 1.29 is 9.90 Å². The van der Waals surface area contributed by atoms with E-state index in [9.17, 15) is 4.79 Å². The van der Waals surface area contributed by atoms with E-state index in [1.807, 2.05) is 0 Å². The number of benzene rings is 1. The zero-order valence-corrected chi connectivity index (χ0v) is 10.3. The summed E-state index contributed by atoms with van der Waals surface area (Å²) in [6.07, 6.45) is 2.09. The van der Waals surface area contributed by atoms with Gasteiger partial charge in [0, 0.05) is 6.04 Å². The predicted octanol–water partition coefficient (Wildman–Crippen LogP) is 2.30. The van der Waals surface area contributed by atoms with Crippen LogP contribution in [0, 0.1) is 6.92 Å². The summed E-state index contributed by atoms with van der Waals surface area (Å²) in [5.41, 5.74) is 2.75. The summed E-state index contributed by atoms with van der Waals surface area (Å²) >= 11 is 0. The Labute approximate surface area is 102 Å². The average Bonchev–Trinajstić information content (AvgIpc) is 2.24.